The number of sulfonamides is 1. The lowest BCUT2D eigenvalue weighted by atomic mass is 10.2. The molecule has 0 radical (unpaired) electrons. The van der Waals surface area contributed by atoms with Crippen LogP contribution in [0.4, 0.5) is 0 Å². The number of rotatable bonds is 7. The van der Waals surface area contributed by atoms with E-state index in [0.29, 0.717) is 44.0 Å². The molecule has 0 saturated carbocycles. The third-order valence-corrected chi connectivity index (χ3v) is 8.18. The largest absolute Gasteiger partial charge is 0.354 e. The lowest BCUT2D eigenvalue weighted by Crippen LogP contribution is -2.47. The fourth-order valence-corrected chi connectivity index (χ4v) is 5.66. The summed E-state index contributed by atoms with van der Waals surface area (Å²) in [5, 5.41) is 5.04. The van der Waals surface area contributed by atoms with Crippen molar-refractivity contribution in [2.24, 2.45) is 0 Å². The maximum atomic E-state index is 12.9. The number of amides is 1. The van der Waals surface area contributed by atoms with Crippen LogP contribution < -0.4 is 5.32 Å². The fraction of sp³-hybridized carbons (Fsp3) is 0.476. The molecule has 1 aliphatic rings. The summed E-state index contributed by atoms with van der Waals surface area (Å²) in [4.78, 5) is 16.2. The van der Waals surface area contributed by atoms with Gasteiger partial charge in [0, 0.05) is 37.6 Å². The average molecular weight is 436 g/mol. The lowest BCUT2D eigenvalue weighted by molar-refractivity contribution is -0.125. The Kier molecular flexibility index (Phi) is 7.45. The molecular formula is C21H29N3O3S2. The molecule has 1 unspecified atom stereocenters. The topological polar surface area (TPSA) is 69.7 Å². The van der Waals surface area contributed by atoms with Crippen molar-refractivity contribution in [3.05, 3.63) is 52.2 Å². The van der Waals surface area contributed by atoms with E-state index in [1.54, 1.807) is 27.8 Å². The number of nitrogens with one attached hydrogen (secondary N) is 1. The van der Waals surface area contributed by atoms with Crippen LogP contribution in [0.1, 0.15) is 23.8 Å². The second-order valence-electron chi connectivity index (χ2n) is 7.40. The molecule has 1 saturated heterocycles. The Hall–Kier alpha value is -1.74. The van der Waals surface area contributed by atoms with Gasteiger partial charge in [0.15, 0.2) is 0 Å². The van der Waals surface area contributed by atoms with Gasteiger partial charge in [-0.25, -0.2) is 8.42 Å². The molecule has 1 aliphatic heterocycles. The van der Waals surface area contributed by atoms with Crippen molar-refractivity contribution in [3.8, 4) is 0 Å². The zero-order valence-electron chi connectivity index (χ0n) is 17.0. The molecule has 1 aromatic heterocycles. The minimum absolute atomic E-state index is 0.00334. The van der Waals surface area contributed by atoms with E-state index in [1.807, 2.05) is 37.4 Å². The standard InChI is InChI=1S/C21H29N3O3S2/c1-17-6-8-20(9-7-17)29(26,27)24-13-4-12-23(14-15-24)18(2)21(25)22-11-10-19-5-3-16-28-19/h3,5-9,16,18H,4,10-15H2,1-2H3,(H,22,25). The van der Waals surface area contributed by atoms with Crippen LogP contribution in [0, 0.1) is 6.92 Å². The van der Waals surface area contributed by atoms with Crippen molar-refractivity contribution in [2.75, 3.05) is 32.7 Å². The van der Waals surface area contributed by atoms with Gasteiger partial charge in [-0.2, -0.15) is 4.31 Å². The third kappa shape index (κ3) is 5.66. The van der Waals surface area contributed by atoms with Crippen LogP contribution in [-0.2, 0) is 21.2 Å². The van der Waals surface area contributed by atoms with Gasteiger partial charge in [0.1, 0.15) is 0 Å². The molecule has 1 amide bonds. The molecule has 8 heteroatoms. The highest BCUT2D eigenvalue weighted by Gasteiger charge is 2.29. The quantitative estimate of drug-likeness (QED) is 0.726. The highest BCUT2D eigenvalue weighted by molar-refractivity contribution is 7.89. The lowest BCUT2D eigenvalue weighted by Gasteiger charge is -2.27. The third-order valence-electron chi connectivity index (χ3n) is 5.33. The molecule has 1 atom stereocenters. The summed E-state index contributed by atoms with van der Waals surface area (Å²) in [7, 11) is -3.50. The van der Waals surface area contributed by atoms with Crippen molar-refractivity contribution in [2.45, 2.75) is 37.6 Å². The van der Waals surface area contributed by atoms with E-state index in [0.717, 1.165) is 12.0 Å². The molecule has 1 fully saturated rings. The van der Waals surface area contributed by atoms with Crippen molar-refractivity contribution >= 4 is 27.3 Å². The van der Waals surface area contributed by atoms with Crippen LogP contribution in [0.15, 0.2) is 46.7 Å². The maximum absolute atomic E-state index is 12.9. The summed E-state index contributed by atoms with van der Waals surface area (Å²) >= 11 is 1.69. The summed E-state index contributed by atoms with van der Waals surface area (Å²) in [5.74, 6) is -0.00334. The molecule has 29 heavy (non-hydrogen) atoms. The van der Waals surface area contributed by atoms with E-state index in [-0.39, 0.29) is 11.9 Å². The first kappa shape index (κ1) is 22.0. The monoisotopic (exact) mass is 435 g/mol. The molecular weight excluding hydrogens is 406 g/mol. The Morgan fingerprint density at radius 2 is 1.90 bits per heavy atom. The Bertz CT molecular complexity index is 896. The molecule has 2 heterocycles. The molecule has 2 aromatic rings. The highest BCUT2D eigenvalue weighted by Crippen LogP contribution is 2.19. The van der Waals surface area contributed by atoms with Crippen LogP contribution in [-0.4, -0.2) is 62.3 Å². The number of thiophene rings is 1. The van der Waals surface area contributed by atoms with Gasteiger partial charge < -0.3 is 5.32 Å². The van der Waals surface area contributed by atoms with Gasteiger partial charge in [-0.3, -0.25) is 9.69 Å². The zero-order chi connectivity index (χ0) is 20.9. The van der Waals surface area contributed by atoms with Gasteiger partial charge in [-0.05, 0) is 50.3 Å². The van der Waals surface area contributed by atoms with Gasteiger partial charge >= 0.3 is 0 Å². The van der Waals surface area contributed by atoms with Gasteiger partial charge in [0.25, 0.3) is 0 Å². The summed E-state index contributed by atoms with van der Waals surface area (Å²) in [6.07, 6.45) is 1.54. The summed E-state index contributed by atoms with van der Waals surface area (Å²) in [6, 6.07) is 10.8. The van der Waals surface area contributed by atoms with Gasteiger partial charge in [0.2, 0.25) is 15.9 Å². The van der Waals surface area contributed by atoms with Crippen LogP contribution in [0.2, 0.25) is 0 Å². The molecule has 0 aliphatic carbocycles. The van der Waals surface area contributed by atoms with Crippen LogP contribution in [0.3, 0.4) is 0 Å². The maximum Gasteiger partial charge on any atom is 0.243 e. The van der Waals surface area contributed by atoms with E-state index < -0.39 is 10.0 Å². The van der Waals surface area contributed by atoms with Crippen LogP contribution in [0.25, 0.3) is 0 Å². The van der Waals surface area contributed by atoms with Crippen LogP contribution >= 0.6 is 11.3 Å². The summed E-state index contributed by atoms with van der Waals surface area (Å²) in [5.41, 5.74) is 1.03. The SMILES string of the molecule is Cc1ccc(S(=O)(=O)N2CCCN(C(C)C(=O)NCCc3cccs3)CC2)cc1. The van der Waals surface area contributed by atoms with Crippen molar-refractivity contribution in [1.82, 2.24) is 14.5 Å². The number of aryl methyl sites for hydroxylation is 1. The number of hydrogen-bond donors (Lipinski definition) is 1. The molecule has 1 aromatic carbocycles. The minimum atomic E-state index is -3.50. The van der Waals surface area contributed by atoms with Gasteiger partial charge in [-0.15, -0.1) is 11.3 Å². The first-order valence-corrected chi connectivity index (χ1v) is 12.3. The predicted octanol–water partition coefficient (Wildman–Crippen LogP) is 2.50. The number of hydrogen-bond acceptors (Lipinski definition) is 5. The van der Waals surface area contributed by atoms with Crippen molar-refractivity contribution in [1.29, 1.82) is 0 Å². The number of nitrogens with zero attached hydrogens (tertiary/aromatic N) is 2. The number of carbonyl (C=O) groups excluding carboxylic acids is 1. The molecule has 0 spiro atoms. The Morgan fingerprint density at radius 1 is 1.14 bits per heavy atom. The number of carbonyl (C=O) groups is 1. The second kappa shape index (κ2) is 9.84. The van der Waals surface area contributed by atoms with E-state index in [9.17, 15) is 13.2 Å². The van der Waals surface area contributed by atoms with E-state index in [2.05, 4.69) is 16.3 Å². The van der Waals surface area contributed by atoms with Crippen molar-refractivity contribution in [3.63, 3.8) is 0 Å². The van der Waals surface area contributed by atoms with Crippen molar-refractivity contribution < 1.29 is 13.2 Å². The average Bonchev–Trinajstić information content (AvgIpc) is 3.09. The Balaban J connectivity index is 1.54. The second-order valence-corrected chi connectivity index (χ2v) is 10.4. The van der Waals surface area contributed by atoms with E-state index in [1.165, 1.54) is 4.88 Å². The number of benzene rings is 1. The first-order chi connectivity index (χ1) is 13.9. The molecule has 158 valence electrons. The predicted molar refractivity (Wildman–Crippen MR) is 117 cm³/mol. The minimum Gasteiger partial charge on any atom is -0.354 e. The van der Waals surface area contributed by atoms with Gasteiger partial charge in [-0.1, -0.05) is 23.8 Å². The molecule has 1 N–H and O–H groups in total. The first-order valence-electron chi connectivity index (χ1n) is 9.99. The Morgan fingerprint density at radius 3 is 2.59 bits per heavy atom. The van der Waals surface area contributed by atoms with Crippen LogP contribution in [0.5, 0.6) is 0 Å². The Labute approximate surface area is 177 Å². The molecule has 3 rings (SSSR count). The molecule has 0 bridgehead atoms. The fourth-order valence-electron chi connectivity index (χ4n) is 3.48. The highest BCUT2D eigenvalue weighted by atomic mass is 32.2. The summed E-state index contributed by atoms with van der Waals surface area (Å²) < 4.78 is 27.4. The normalized spacial score (nSPS) is 17.6. The van der Waals surface area contributed by atoms with E-state index in [4.69, 9.17) is 0 Å². The van der Waals surface area contributed by atoms with E-state index >= 15 is 0 Å². The summed E-state index contributed by atoms with van der Waals surface area (Å²) in [6.45, 7) is 6.57. The zero-order valence-corrected chi connectivity index (χ0v) is 18.6. The molecule has 6 nitrogen and oxygen atoms in total. The van der Waals surface area contributed by atoms with Gasteiger partial charge in [0.05, 0.1) is 10.9 Å². The smallest absolute Gasteiger partial charge is 0.243 e.